The fourth-order valence-corrected chi connectivity index (χ4v) is 2.28. The Bertz CT molecular complexity index is 672. The molecule has 0 spiro atoms. The number of hydrogen-bond donors (Lipinski definition) is 2. The van der Waals surface area contributed by atoms with Gasteiger partial charge in [-0.3, -0.25) is 0 Å². The van der Waals surface area contributed by atoms with Gasteiger partial charge in [-0.15, -0.1) is 0 Å². The van der Waals surface area contributed by atoms with E-state index in [1.807, 2.05) is 29.2 Å². The average molecular weight is 270 g/mol. The van der Waals surface area contributed by atoms with Crippen LogP contribution in [0.15, 0.2) is 30.5 Å². The number of carbonyl (C=O) groups is 1. The van der Waals surface area contributed by atoms with Crippen molar-refractivity contribution in [2.75, 3.05) is 23.3 Å². The summed E-state index contributed by atoms with van der Waals surface area (Å²) in [5.41, 5.74) is 2.64. The molecule has 1 aliphatic rings. The average Bonchev–Trinajstić information content (AvgIpc) is 2.46. The molecule has 0 aliphatic carbocycles. The highest BCUT2D eigenvalue weighted by atomic mass is 16.4. The molecule has 1 aliphatic heterocycles. The van der Waals surface area contributed by atoms with E-state index in [1.165, 1.54) is 6.20 Å². The van der Waals surface area contributed by atoms with Crippen molar-refractivity contribution in [2.24, 2.45) is 0 Å². The van der Waals surface area contributed by atoms with Crippen LogP contribution in [0.2, 0.25) is 0 Å². The molecule has 6 heteroatoms. The predicted octanol–water partition coefficient (Wildman–Crippen LogP) is 2.05. The van der Waals surface area contributed by atoms with Gasteiger partial charge in [0.1, 0.15) is 0 Å². The zero-order chi connectivity index (χ0) is 14.1. The van der Waals surface area contributed by atoms with Gasteiger partial charge in [-0.2, -0.15) is 0 Å². The Morgan fingerprint density at radius 1 is 1.40 bits per heavy atom. The number of hydrogen-bond acceptors (Lipinski definition) is 5. The fraction of sp³-hybridized carbons (Fsp3) is 0.214. The Morgan fingerprint density at radius 3 is 2.95 bits per heavy atom. The second-order valence-corrected chi connectivity index (χ2v) is 4.57. The number of aromatic nitrogens is 2. The van der Waals surface area contributed by atoms with Gasteiger partial charge in [0.2, 0.25) is 5.95 Å². The molecule has 1 aromatic heterocycles. The number of rotatable bonds is 2. The highest BCUT2D eigenvalue weighted by Gasteiger charge is 2.20. The molecule has 2 heterocycles. The van der Waals surface area contributed by atoms with Crippen LogP contribution >= 0.6 is 0 Å². The molecule has 1 aromatic carbocycles. The normalized spacial score (nSPS) is 13.6. The molecular formula is C14H14N4O2. The minimum atomic E-state index is -1.00. The minimum absolute atomic E-state index is 0.136. The van der Waals surface area contributed by atoms with Gasteiger partial charge in [-0.05, 0) is 19.1 Å². The van der Waals surface area contributed by atoms with Crippen molar-refractivity contribution in [2.45, 2.75) is 6.92 Å². The summed E-state index contributed by atoms with van der Waals surface area (Å²) >= 11 is 0. The molecule has 0 saturated carbocycles. The van der Waals surface area contributed by atoms with Crippen molar-refractivity contribution in [1.82, 2.24) is 9.97 Å². The third kappa shape index (κ3) is 2.05. The number of anilines is 3. The number of carboxylic acid groups (broad SMARTS) is 1. The van der Waals surface area contributed by atoms with Gasteiger partial charge in [0.15, 0.2) is 0 Å². The SMILES string of the molecule is Cc1nc(N2CCNc3ccccc32)ncc1C(=O)O. The number of nitrogens with zero attached hydrogens (tertiary/aromatic N) is 3. The van der Waals surface area contributed by atoms with Crippen molar-refractivity contribution in [3.63, 3.8) is 0 Å². The number of aromatic carboxylic acids is 1. The van der Waals surface area contributed by atoms with Crippen LogP contribution in [0.25, 0.3) is 0 Å². The van der Waals surface area contributed by atoms with Gasteiger partial charge in [0.05, 0.1) is 22.6 Å². The third-order valence-electron chi connectivity index (χ3n) is 3.28. The molecule has 3 rings (SSSR count). The molecule has 2 N–H and O–H groups in total. The van der Waals surface area contributed by atoms with E-state index in [9.17, 15) is 4.79 Å². The molecule has 0 atom stereocenters. The maximum atomic E-state index is 11.0. The smallest absolute Gasteiger partial charge is 0.339 e. The first kappa shape index (κ1) is 12.4. The highest BCUT2D eigenvalue weighted by Crippen LogP contribution is 2.32. The lowest BCUT2D eigenvalue weighted by Crippen LogP contribution is -2.31. The summed E-state index contributed by atoms with van der Waals surface area (Å²) in [6, 6.07) is 7.91. The monoisotopic (exact) mass is 270 g/mol. The summed E-state index contributed by atoms with van der Waals surface area (Å²) < 4.78 is 0. The molecular weight excluding hydrogens is 256 g/mol. The Balaban J connectivity index is 2.03. The molecule has 6 nitrogen and oxygen atoms in total. The first-order valence-electron chi connectivity index (χ1n) is 6.34. The topological polar surface area (TPSA) is 78.4 Å². The van der Waals surface area contributed by atoms with E-state index < -0.39 is 5.97 Å². The second-order valence-electron chi connectivity index (χ2n) is 4.57. The molecule has 0 radical (unpaired) electrons. The van der Waals surface area contributed by atoms with E-state index in [-0.39, 0.29) is 5.56 Å². The summed E-state index contributed by atoms with van der Waals surface area (Å²) in [5.74, 6) is -0.476. The number of carboxylic acids is 1. The van der Waals surface area contributed by atoms with Crippen LogP contribution in [0.5, 0.6) is 0 Å². The summed E-state index contributed by atoms with van der Waals surface area (Å²) in [5, 5.41) is 12.3. The fourth-order valence-electron chi connectivity index (χ4n) is 2.28. The van der Waals surface area contributed by atoms with Crippen molar-refractivity contribution < 1.29 is 9.90 Å². The molecule has 102 valence electrons. The number of para-hydroxylation sites is 2. The van der Waals surface area contributed by atoms with E-state index in [4.69, 9.17) is 5.11 Å². The second kappa shape index (κ2) is 4.80. The Hall–Kier alpha value is -2.63. The Morgan fingerprint density at radius 2 is 2.20 bits per heavy atom. The lowest BCUT2D eigenvalue weighted by Gasteiger charge is -2.30. The van der Waals surface area contributed by atoms with E-state index in [0.717, 1.165) is 24.5 Å². The Labute approximate surface area is 116 Å². The van der Waals surface area contributed by atoms with Gasteiger partial charge in [0.25, 0.3) is 0 Å². The van der Waals surface area contributed by atoms with Gasteiger partial charge in [-0.25, -0.2) is 14.8 Å². The number of aryl methyl sites for hydroxylation is 1. The highest BCUT2D eigenvalue weighted by molar-refractivity contribution is 5.88. The number of fused-ring (bicyclic) bond motifs is 1. The van der Waals surface area contributed by atoms with Crippen LogP contribution in [0.1, 0.15) is 16.1 Å². The summed E-state index contributed by atoms with van der Waals surface area (Å²) in [6.45, 7) is 3.21. The van der Waals surface area contributed by atoms with Crippen molar-refractivity contribution in [1.29, 1.82) is 0 Å². The lowest BCUT2D eigenvalue weighted by atomic mass is 10.2. The molecule has 0 bridgehead atoms. The van der Waals surface area contributed by atoms with Crippen molar-refractivity contribution in [3.05, 3.63) is 41.7 Å². The standard InChI is InChI=1S/C14H14N4O2/c1-9-10(13(19)20)8-16-14(17-9)18-7-6-15-11-4-2-3-5-12(11)18/h2-5,8,15H,6-7H2,1H3,(H,19,20). The third-order valence-corrected chi connectivity index (χ3v) is 3.28. The summed E-state index contributed by atoms with van der Waals surface area (Å²) in [4.78, 5) is 21.5. The van der Waals surface area contributed by atoms with E-state index in [2.05, 4.69) is 15.3 Å². The quantitative estimate of drug-likeness (QED) is 0.869. The van der Waals surface area contributed by atoms with E-state index >= 15 is 0 Å². The zero-order valence-corrected chi connectivity index (χ0v) is 11.0. The predicted molar refractivity (Wildman–Crippen MR) is 75.7 cm³/mol. The Kier molecular flexibility index (Phi) is 2.98. The van der Waals surface area contributed by atoms with Crippen LogP contribution in [-0.2, 0) is 0 Å². The van der Waals surface area contributed by atoms with E-state index in [1.54, 1.807) is 6.92 Å². The van der Waals surface area contributed by atoms with Gasteiger partial charge in [0, 0.05) is 19.3 Å². The first-order valence-corrected chi connectivity index (χ1v) is 6.34. The van der Waals surface area contributed by atoms with Gasteiger partial charge < -0.3 is 15.3 Å². The zero-order valence-electron chi connectivity index (χ0n) is 11.0. The van der Waals surface area contributed by atoms with Crippen LogP contribution in [0.3, 0.4) is 0 Å². The molecule has 0 amide bonds. The lowest BCUT2D eigenvalue weighted by molar-refractivity contribution is 0.0695. The molecule has 0 saturated heterocycles. The maximum Gasteiger partial charge on any atom is 0.339 e. The summed E-state index contributed by atoms with van der Waals surface area (Å²) in [6.07, 6.45) is 1.37. The van der Waals surface area contributed by atoms with Crippen molar-refractivity contribution in [3.8, 4) is 0 Å². The largest absolute Gasteiger partial charge is 0.478 e. The molecule has 0 fully saturated rings. The molecule has 0 unspecified atom stereocenters. The van der Waals surface area contributed by atoms with Crippen LogP contribution in [0.4, 0.5) is 17.3 Å². The van der Waals surface area contributed by atoms with Crippen LogP contribution in [0, 0.1) is 6.92 Å². The van der Waals surface area contributed by atoms with Gasteiger partial charge >= 0.3 is 5.97 Å². The first-order chi connectivity index (χ1) is 9.66. The van der Waals surface area contributed by atoms with Gasteiger partial charge in [-0.1, -0.05) is 12.1 Å². The summed E-state index contributed by atoms with van der Waals surface area (Å²) in [7, 11) is 0. The van der Waals surface area contributed by atoms with Crippen LogP contribution < -0.4 is 10.2 Å². The number of nitrogens with one attached hydrogen (secondary N) is 1. The molecule has 2 aromatic rings. The molecule has 20 heavy (non-hydrogen) atoms. The minimum Gasteiger partial charge on any atom is -0.478 e. The van der Waals surface area contributed by atoms with Crippen molar-refractivity contribution >= 4 is 23.3 Å². The van der Waals surface area contributed by atoms with E-state index in [0.29, 0.717) is 11.6 Å². The number of benzene rings is 1. The maximum absolute atomic E-state index is 11.0. The van der Waals surface area contributed by atoms with Crippen LogP contribution in [-0.4, -0.2) is 34.1 Å².